The number of ether oxygens (including phenoxy) is 1. The molecule has 3 rings (SSSR count). The molecule has 0 spiro atoms. The molecule has 0 saturated carbocycles. The molecular formula is C19H19ClN2O4S. The highest BCUT2D eigenvalue weighted by Crippen LogP contribution is 2.29. The minimum atomic E-state index is -3.37. The lowest BCUT2D eigenvalue weighted by Crippen LogP contribution is -2.31. The van der Waals surface area contributed by atoms with Crippen LogP contribution >= 0.6 is 11.6 Å². The van der Waals surface area contributed by atoms with Gasteiger partial charge in [0.2, 0.25) is 10.0 Å². The van der Waals surface area contributed by atoms with Gasteiger partial charge in [-0.25, -0.2) is 8.42 Å². The Morgan fingerprint density at radius 3 is 2.74 bits per heavy atom. The fraction of sp³-hybridized carbons (Fsp3) is 0.211. The van der Waals surface area contributed by atoms with Crippen molar-refractivity contribution < 1.29 is 17.9 Å². The lowest BCUT2D eigenvalue weighted by Gasteiger charge is -2.20. The zero-order valence-corrected chi connectivity index (χ0v) is 16.4. The summed E-state index contributed by atoms with van der Waals surface area (Å²) in [5.74, 6) is 0.429. The molecule has 1 unspecified atom stereocenters. The maximum Gasteiger partial charge on any atom is 0.251 e. The van der Waals surface area contributed by atoms with Crippen LogP contribution in [0.2, 0.25) is 5.02 Å². The van der Waals surface area contributed by atoms with Gasteiger partial charge in [-0.05, 0) is 48.9 Å². The van der Waals surface area contributed by atoms with Gasteiger partial charge in [0.1, 0.15) is 12.4 Å². The first kappa shape index (κ1) is 19.3. The van der Waals surface area contributed by atoms with Gasteiger partial charge in [0, 0.05) is 16.3 Å². The van der Waals surface area contributed by atoms with Crippen LogP contribution in [0.1, 0.15) is 24.1 Å². The third-order valence-corrected chi connectivity index (χ3v) is 4.86. The van der Waals surface area contributed by atoms with Crippen LogP contribution in [0.4, 0.5) is 5.69 Å². The molecule has 27 heavy (non-hydrogen) atoms. The van der Waals surface area contributed by atoms with Crippen molar-refractivity contribution in [2.75, 3.05) is 17.6 Å². The van der Waals surface area contributed by atoms with Gasteiger partial charge < -0.3 is 10.1 Å². The number of rotatable bonds is 5. The second-order valence-corrected chi connectivity index (χ2v) is 8.52. The van der Waals surface area contributed by atoms with E-state index in [9.17, 15) is 13.2 Å². The smallest absolute Gasteiger partial charge is 0.251 e. The van der Waals surface area contributed by atoms with Crippen LogP contribution in [-0.2, 0) is 14.8 Å². The Bertz CT molecular complexity index is 1020. The summed E-state index contributed by atoms with van der Waals surface area (Å²) in [7, 11) is -3.37. The van der Waals surface area contributed by atoms with E-state index in [1.165, 1.54) is 0 Å². The number of fused-ring (bicyclic) bond motifs is 1. The van der Waals surface area contributed by atoms with E-state index in [2.05, 4.69) is 10.0 Å². The van der Waals surface area contributed by atoms with Crippen molar-refractivity contribution in [1.82, 2.24) is 5.32 Å². The average molecular weight is 407 g/mol. The van der Waals surface area contributed by atoms with Crippen LogP contribution in [-0.4, -0.2) is 27.2 Å². The van der Waals surface area contributed by atoms with E-state index in [-0.39, 0.29) is 18.6 Å². The highest BCUT2D eigenvalue weighted by molar-refractivity contribution is 7.92. The molecule has 0 aliphatic carbocycles. The summed E-state index contributed by atoms with van der Waals surface area (Å²) < 4.78 is 30.8. The molecule has 0 bridgehead atoms. The van der Waals surface area contributed by atoms with E-state index in [1.54, 1.807) is 42.5 Å². The first-order chi connectivity index (χ1) is 12.7. The number of nitrogens with one attached hydrogen (secondary N) is 2. The molecule has 1 atom stereocenters. The second-order valence-electron chi connectivity index (χ2n) is 6.34. The summed E-state index contributed by atoms with van der Waals surface area (Å²) in [6.07, 6.45) is 2.85. The number of amides is 1. The van der Waals surface area contributed by atoms with Gasteiger partial charge in [0.15, 0.2) is 0 Å². The molecular weight excluding hydrogens is 388 g/mol. The van der Waals surface area contributed by atoms with Gasteiger partial charge in [-0.3, -0.25) is 9.52 Å². The maximum absolute atomic E-state index is 12.6. The Morgan fingerprint density at radius 1 is 1.22 bits per heavy atom. The third-order valence-electron chi connectivity index (χ3n) is 4.01. The SMILES string of the molecule is CC(NC(=O)C1=Cc2cc(Cl)ccc2OC1)c1cccc(NS(C)(=O)=O)c1. The molecule has 8 heteroatoms. The standard InChI is InChI=1S/C19H19ClN2O4S/c1-12(13-4-3-5-17(10-13)22-27(2,24)25)21-19(23)15-8-14-9-16(20)6-7-18(14)26-11-15/h3-10,12,22H,11H2,1-2H3,(H,21,23). The average Bonchev–Trinajstić information content (AvgIpc) is 2.59. The Kier molecular flexibility index (Phi) is 5.43. The third kappa shape index (κ3) is 5.02. The highest BCUT2D eigenvalue weighted by Gasteiger charge is 2.19. The predicted octanol–water partition coefficient (Wildman–Crippen LogP) is 3.36. The van der Waals surface area contributed by atoms with Crippen molar-refractivity contribution in [3.05, 3.63) is 64.2 Å². The molecule has 142 valence electrons. The first-order valence-electron chi connectivity index (χ1n) is 8.23. The van der Waals surface area contributed by atoms with Crippen LogP contribution in [0.15, 0.2) is 48.0 Å². The Hall–Kier alpha value is -2.51. The molecule has 0 radical (unpaired) electrons. The van der Waals surface area contributed by atoms with E-state index >= 15 is 0 Å². The molecule has 1 amide bonds. The highest BCUT2D eigenvalue weighted by atomic mass is 35.5. The molecule has 0 aromatic heterocycles. The minimum Gasteiger partial charge on any atom is -0.488 e. The van der Waals surface area contributed by atoms with Gasteiger partial charge in [0.05, 0.1) is 17.9 Å². The molecule has 1 aliphatic rings. The minimum absolute atomic E-state index is 0.170. The van der Waals surface area contributed by atoms with Crippen molar-refractivity contribution in [1.29, 1.82) is 0 Å². The van der Waals surface area contributed by atoms with Crippen LogP contribution in [0.25, 0.3) is 6.08 Å². The number of carbonyl (C=O) groups is 1. The zero-order valence-electron chi connectivity index (χ0n) is 14.8. The first-order valence-corrected chi connectivity index (χ1v) is 10.5. The molecule has 0 saturated heterocycles. The largest absolute Gasteiger partial charge is 0.488 e. The molecule has 2 aromatic carbocycles. The molecule has 1 aliphatic heterocycles. The lowest BCUT2D eigenvalue weighted by molar-refractivity contribution is -0.118. The summed E-state index contributed by atoms with van der Waals surface area (Å²) in [5.41, 5.74) is 2.46. The predicted molar refractivity (Wildman–Crippen MR) is 106 cm³/mol. The van der Waals surface area contributed by atoms with E-state index in [1.807, 2.05) is 13.0 Å². The molecule has 0 fully saturated rings. The van der Waals surface area contributed by atoms with Crippen LogP contribution < -0.4 is 14.8 Å². The Labute approximate surface area is 163 Å². The zero-order chi connectivity index (χ0) is 19.6. The summed E-state index contributed by atoms with van der Waals surface area (Å²) in [4.78, 5) is 12.6. The number of anilines is 1. The van der Waals surface area contributed by atoms with Crippen molar-refractivity contribution in [2.24, 2.45) is 0 Å². The van der Waals surface area contributed by atoms with Gasteiger partial charge in [0.25, 0.3) is 5.91 Å². The molecule has 6 nitrogen and oxygen atoms in total. The number of halogens is 1. The number of benzene rings is 2. The lowest BCUT2D eigenvalue weighted by atomic mass is 10.0. The van der Waals surface area contributed by atoms with E-state index in [0.717, 1.165) is 17.4 Å². The number of carbonyl (C=O) groups excluding carboxylic acids is 1. The van der Waals surface area contributed by atoms with Crippen LogP contribution in [0.3, 0.4) is 0 Å². The number of hydrogen-bond donors (Lipinski definition) is 2. The summed E-state index contributed by atoms with van der Waals surface area (Å²) in [6.45, 7) is 2.00. The molecule has 2 N–H and O–H groups in total. The van der Waals surface area contributed by atoms with Crippen LogP contribution in [0.5, 0.6) is 5.75 Å². The molecule has 1 heterocycles. The number of sulfonamides is 1. The Balaban J connectivity index is 1.74. The quantitative estimate of drug-likeness (QED) is 0.797. The van der Waals surface area contributed by atoms with Gasteiger partial charge >= 0.3 is 0 Å². The normalized spacial score (nSPS) is 14.4. The summed E-state index contributed by atoms with van der Waals surface area (Å²) in [5, 5.41) is 3.47. The Morgan fingerprint density at radius 2 is 2.00 bits per heavy atom. The summed E-state index contributed by atoms with van der Waals surface area (Å²) in [6, 6.07) is 11.8. The maximum atomic E-state index is 12.6. The van der Waals surface area contributed by atoms with Crippen molar-refractivity contribution >= 4 is 39.3 Å². The van der Waals surface area contributed by atoms with Crippen molar-refractivity contribution in [3.63, 3.8) is 0 Å². The fourth-order valence-corrected chi connectivity index (χ4v) is 3.47. The van der Waals surface area contributed by atoms with Crippen molar-refractivity contribution in [2.45, 2.75) is 13.0 Å². The van der Waals surface area contributed by atoms with Crippen molar-refractivity contribution in [3.8, 4) is 5.75 Å². The van der Waals surface area contributed by atoms with E-state index in [0.29, 0.717) is 22.0 Å². The van der Waals surface area contributed by atoms with E-state index in [4.69, 9.17) is 16.3 Å². The summed E-state index contributed by atoms with van der Waals surface area (Å²) >= 11 is 5.99. The molecule has 2 aromatic rings. The van der Waals surface area contributed by atoms with Gasteiger partial charge in [-0.1, -0.05) is 23.7 Å². The van der Waals surface area contributed by atoms with Gasteiger partial charge in [-0.2, -0.15) is 0 Å². The number of hydrogen-bond acceptors (Lipinski definition) is 4. The van der Waals surface area contributed by atoms with Crippen LogP contribution in [0, 0.1) is 0 Å². The topological polar surface area (TPSA) is 84.5 Å². The monoisotopic (exact) mass is 406 g/mol. The second kappa shape index (κ2) is 7.62. The van der Waals surface area contributed by atoms with E-state index < -0.39 is 10.0 Å². The fourth-order valence-electron chi connectivity index (χ4n) is 2.74. The van der Waals surface area contributed by atoms with Gasteiger partial charge in [-0.15, -0.1) is 0 Å².